The fraction of sp³-hybridized carbons (Fsp3) is 0.933. The Bertz CT molecular complexity index is 292. The van der Waals surface area contributed by atoms with E-state index in [2.05, 4.69) is 4.90 Å². The molecule has 1 saturated carbocycles. The van der Waals surface area contributed by atoms with Gasteiger partial charge in [-0.3, -0.25) is 4.79 Å². The molecule has 2 aliphatic rings. The first-order valence-electron chi connectivity index (χ1n) is 7.61. The minimum Gasteiger partial charge on any atom is -0.481 e. The number of hydrogen-bond donors (Lipinski definition) is 1. The summed E-state index contributed by atoms with van der Waals surface area (Å²) in [6.07, 6.45) is 7.36. The first-order valence-corrected chi connectivity index (χ1v) is 7.61. The van der Waals surface area contributed by atoms with Gasteiger partial charge in [-0.05, 0) is 44.7 Å². The number of carbonyl (C=O) groups is 1. The van der Waals surface area contributed by atoms with Crippen molar-refractivity contribution < 1.29 is 14.6 Å². The van der Waals surface area contributed by atoms with Crippen LogP contribution in [-0.4, -0.2) is 49.3 Å². The van der Waals surface area contributed by atoms with Gasteiger partial charge in [0.1, 0.15) is 0 Å². The van der Waals surface area contributed by atoms with Gasteiger partial charge in [-0.25, -0.2) is 0 Å². The Morgan fingerprint density at radius 3 is 2.42 bits per heavy atom. The first kappa shape index (κ1) is 14.8. The van der Waals surface area contributed by atoms with E-state index in [1.54, 1.807) is 7.11 Å². The monoisotopic (exact) mass is 269 g/mol. The predicted octanol–water partition coefficient (Wildman–Crippen LogP) is 2.38. The molecule has 1 heterocycles. The Labute approximate surface area is 116 Å². The predicted molar refractivity (Wildman–Crippen MR) is 74.2 cm³/mol. The third-order valence-electron chi connectivity index (χ3n) is 4.90. The molecule has 1 aliphatic heterocycles. The minimum absolute atomic E-state index is 0.466. The Hall–Kier alpha value is -0.610. The summed E-state index contributed by atoms with van der Waals surface area (Å²) in [5.41, 5.74) is -0.466. The number of aliphatic carboxylic acids is 1. The van der Waals surface area contributed by atoms with Crippen LogP contribution in [0.1, 0.15) is 44.9 Å². The largest absolute Gasteiger partial charge is 0.481 e. The molecule has 0 spiro atoms. The zero-order valence-electron chi connectivity index (χ0n) is 12.1. The Morgan fingerprint density at radius 1 is 1.26 bits per heavy atom. The standard InChI is InChI=1S/C15H27NO3/c1-19-11-13-5-9-16(10-6-13)12-15(14(17)18)7-3-2-4-8-15/h13H,2-12H2,1H3,(H,17,18). The number of hydrogen-bond acceptors (Lipinski definition) is 3. The van der Waals surface area contributed by atoms with Crippen molar-refractivity contribution >= 4 is 5.97 Å². The van der Waals surface area contributed by atoms with E-state index in [-0.39, 0.29) is 0 Å². The second-order valence-corrected chi connectivity index (χ2v) is 6.32. The molecule has 0 atom stereocenters. The molecule has 0 radical (unpaired) electrons. The van der Waals surface area contributed by atoms with Gasteiger partial charge in [0.05, 0.1) is 5.41 Å². The molecule has 1 saturated heterocycles. The molecule has 0 aromatic rings. The van der Waals surface area contributed by atoms with Gasteiger partial charge in [0.25, 0.3) is 0 Å². The van der Waals surface area contributed by atoms with Crippen LogP contribution in [0.4, 0.5) is 0 Å². The second kappa shape index (κ2) is 6.71. The highest BCUT2D eigenvalue weighted by molar-refractivity contribution is 5.75. The number of ether oxygens (including phenoxy) is 1. The molecule has 0 bridgehead atoms. The van der Waals surface area contributed by atoms with E-state index >= 15 is 0 Å². The molecular formula is C15H27NO3. The van der Waals surface area contributed by atoms with Crippen LogP contribution in [0.5, 0.6) is 0 Å². The average Bonchev–Trinajstić information content (AvgIpc) is 2.42. The second-order valence-electron chi connectivity index (χ2n) is 6.32. The Kier molecular flexibility index (Phi) is 5.22. The first-order chi connectivity index (χ1) is 9.16. The van der Waals surface area contributed by atoms with Crippen LogP contribution in [0.2, 0.25) is 0 Å². The maximum Gasteiger partial charge on any atom is 0.310 e. The lowest BCUT2D eigenvalue weighted by atomic mass is 9.73. The SMILES string of the molecule is COCC1CCN(CC2(C(=O)O)CCCCC2)CC1. The van der Waals surface area contributed by atoms with Gasteiger partial charge >= 0.3 is 5.97 Å². The molecule has 0 aromatic heterocycles. The fourth-order valence-electron chi connectivity index (χ4n) is 3.64. The van der Waals surface area contributed by atoms with E-state index in [0.29, 0.717) is 5.92 Å². The fourth-order valence-corrected chi connectivity index (χ4v) is 3.64. The smallest absolute Gasteiger partial charge is 0.310 e. The summed E-state index contributed by atoms with van der Waals surface area (Å²) >= 11 is 0. The third kappa shape index (κ3) is 3.69. The summed E-state index contributed by atoms with van der Waals surface area (Å²) in [7, 11) is 1.76. The number of carboxylic acids is 1. The number of nitrogens with zero attached hydrogens (tertiary/aromatic N) is 1. The number of likely N-dealkylation sites (tertiary alicyclic amines) is 1. The van der Waals surface area contributed by atoms with Crippen molar-refractivity contribution in [1.82, 2.24) is 4.90 Å². The number of piperidine rings is 1. The van der Waals surface area contributed by atoms with Crippen LogP contribution in [0, 0.1) is 11.3 Å². The normalized spacial score (nSPS) is 25.3. The molecule has 2 fully saturated rings. The average molecular weight is 269 g/mol. The van der Waals surface area contributed by atoms with Gasteiger partial charge in [0.15, 0.2) is 0 Å². The van der Waals surface area contributed by atoms with E-state index in [1.165, 1.54) is 6.42 Å². The van der Waals surface area contributed by atoms with Crippen molar-refractivity contribution in [3.05, 3.63) is 0 Å². The van der Waals surface area contributed by atoms with Crippen LogP contribution < -0.4 is 0 Å². The maximum absolute atomic E-state index is 11.7. The maximum atomic E-state index is 11.7. The van der Waals surface area contributed by atoms with Gasteiger partial charge in [-0.1, -0.05) is 19.3 Å². The van der Waals surface area contributed by atoms with E-state index in [9.17, 15) is 9.90 Å². The van der Waals surface area contributed by atoms with Crippen LogP contribution in [-0.2, 0) is 9.53 Å². The lowest BCUT2D eigenvalue weighted by Crippen LogP contribution is -2.47. The molecule has 2 rings (SSSR count). The molecule has 0 aromatic carbocycles. The minimum atomic E-state index is -0.578. The molecule has 1 aliphatic carbocycles. The van der Waals surface area contributed by atoms with Crippen LogP contribution in [0.15, 0.2) is 0 Å². The molecule has 0 unspecified atom stereocenters. The molecule has 1 N–H and O–H groups in total. The molecule has 19 heavy (non-hydrogen) atoms. The van der Waals surface area contributed by atoms with Crippen molar-refractivity contribution in [2.24, 2.45) is 11.3 Å². The topological polar surface area (TPSA) is 49.8 Å². The van der Waals surface area contributed by atoms with Gasteiger partial charge in [-0.15, -0.1) is 0 Å². The van der Waals surface area contributed by atoms with Gasteiger partial charge < -0.3 is 14.7 Å². The van der Waals surface area contributed by atoms with Gasteiger partial charge in [0, 0.05) is 20.3 Å². The molecule has 110 valence electrons. The molecule has 0 amide bonds. The van der Waals surface area contributed by atoms with Crippen molar-refractivity contribution in [3.63, 3.8) is 0 Å². The summed E-state index contributed by atoms with van der Waals surface area (Å²) in [5.74, 6) is 0.0830. The zero-order valence-corrected chi connectivity index (χ0v) is 12.1. The number of methoxy groups -OCH3 is 1. The van der Waals surface area contributed by atoms with Crippen molar-refractivity contribution in [1.29, 1.82) is 0 Å². The van der Waals surface area contributed by atoms with Gasteiger partial charge in [0.2, 0.25) is 0 Å². The third-order valence-corrected chi connectivity index (χ3v) is 4.90. The summed E-state index contributed by atoms with van der Waals surface area (Å²) in [6, 6.07) is 0. The zero-order chi connectivity index (χ0) is 13.7. The summed E-state index contributed by atoms with van der Waals surface area (Å²) in [5, 5.41) is 9.61. The lowest BCUT2D eigenvalue weighted by Gasteiger charge is -2.40. The Balaban J connectivity index is 1.87. The van der Waals surface area contributed by atoms with E-state index < -0.39 is 11.4 Å². The van der Waals surface area contributed by atoms with E-state index in [0.717, 1.165) is 64.8 Å². The van der Waals surface area contributed by atoms with Crippen LogP contribution >= 0.6 is 0 Å². The lowest BCUT2D eigenvalue weighted by molar-refractivity contribution is -0.152. The number of carboxylic acid groups (broad SMARTS) is 1. The van der Waals surface area contributed by atoms with Crippen molar-refractivity contribution in [2.75, 3.05) is 33.4 Å². The van der Waals surface area contributed by atoms with Crippen LogP contribution in [0.25, 0.3) is 0 Å². The molecular weight excluding hydrogens is 242 g/mol. The molecule has 4 heteroatoms. The quantitative estimate of drug-likeness (QED) is 0.832. The van der Waals surface area contributed by atoms with Crippen LogP contribution in [0.3, 0.4) is 0 Å². The Morgan fingerprint density at radius 2 is 1.89 bits per heavy atom. The highest BCUT2D eigenvalue weighted by Gasteiger charge is 2.41. The van der Waals surface area contributed by atoms with Gasteiger partial charge in [-0.2, -0.15) is 0 Å². The van der Waals surface area contributed by atoms with Crippen molar-refractivity contribution in [2.45, 2.75) is 44.9 Å². The van der Waals surface area contributed by atoms with E-state index in [1.807, 2.05) is 0 Å². The van der Waals surface area contributed by atoms with Crippen molar-refractivity contribution in [3.8, 4) is 0 Å². The summed E-state index contributed by atoms with van der Waals surface area (Å²) in [4.78, 5) is 14.0. The van der Waals surface area contributed by atoms with E-state index in [4.69, 9.17) is 4.74 Å². The summed E-state index contributed by atoms with van der Waals surface area (Å²) in [6.45, 7) is 3.66. The summed E-state index contributed by atoms with van der Waals surface area (Å²) < 4.78 is 5.21. The number of rotatable bonds is 5. The molecule has 4 nitrogen and oxygen atoms in total. The highest BCUT2D eigenvalue weighted by Crippen LogP contribution is 2.38. The highest BCUT2D eigenvalue weighted by atomic mass is 16.5.